The molecule has 6 nitrogen and oxygen atoms in total. The first-order valence-electron chi connectivity index (χ1n) is 9.12. The number of ether oxygens (including phenoxy) is 1. The molecule has 4 aromatic rings. The van der Waals surface area contributed by atoms with E-state index in [1.165, 1.54) is 4.80 Å². The summed E-state index contributed by atoms with van der Waals surface area (Å²) in [5.74, 6) is -0.0527. The Kier molecular flexibility index (Phi) is 6.07. The number of halogens is 2. The van der Waals surface area contributed by atoms with Crippen molar-refractivity contribution in [1.29, 1.82) is 0 Å². The van der Waals surface area contributed by atoms with E-state index < -0.39 is 5.97 Å². The number of aromatic nitrogens is 4. The van der Waals surface area contributed by atoms with Gasteiger partial charge in [0.1, 0.15) is 6.61 Å². The molecule has 30 heavy (non-hydrogen) atoms. The molecule has 150 valence electrons. The molecule has 0 fully saturated rings. The molecule has 0 unspecified atom stereocenters. The minimum Gasteiger partial charge on any atom is -0.457 e. The summed E-state index contributed by atoms with van der Waals surface area (Å²) in [5, 5.41) is 13.7. The second kappa shape index (κ2) is 9.07. The number of benzene rings is 3. The van der Waals surface area contributed by atoms with Crippen LogP contribution in [0.5, 0.6) is 0 Å². The monoisotopic (exact) mass is 438 g/mol. The van der Waals surface area contributed by atoms with Gasteiger partial charge in [0.2, 0.25) is 5.82 Å². The first-order chi connectivity index (χ1) is 14.6. The van der Waals surface area contributed by atoms with Gasteiger partial charge in [0.15, 0.2) is 0 Å². The van der Waals surface area contributed by atoms with Crippen LogP contribution in [0.4, 0.5) is 0 Å². The quantitative estimate of drug-likeness (QED) is 0.393. The second-order valence-electron chi connectivity index (χ2n) is 6.48. The largest absolute Gasteiger partial charge is 0.457 e. The van der Waals surface area contributed by atoms with Gasteiger partial charge in [-0.15, -0.1) is 10.2 Å². The van der Waals surface area contributed by atoms with Gasteiger partial charge in [-0.1, -0.05) is 71.7 Å². The molecule has 0 radical (unpaired) electrons. The van der Waals surface area contributed by atoms with E-state index in [2.05, 4.69) is 15.4 Å². The van der Waals surface area contributed by atoms with Crippen molar-refractivity contribution in [3.05, 3.63) is 99.5 Å². The maximum absolute atomic E-state index is 12.5. The van der Waals surface area contributed by atoms with Crippen molar-refractivity contribution in [3.8, 4) is 11.4 Å². The first-order valence-corrected chi connectivity index (χ1v) is 9.88. The van der Waals surface area contributed by atoms with Crippen molar-refractivity contribution < 1.29 is 9.53 Å². The van der Waals surface area contributed by atoms with Crippen molar-refractivity contribution in [2.75, 3.05) is 0 Å². The van der Waals surface area contributed by atoms with Crippen LogP contribution in [0.25, 0.3) is 11.4 Å². The van der Waals surface area contributed by atoms with Crippen molar-refractivity contribution >= 4 is 29.2 Å². The van der Waals surface area contributed by atoms with Crippen LogP contribution in [0.2, 0.25) is 10.0 Å². The highest BCUT2D eigenvalue weighted by Crippen LogP contribution is 2.20. The molecule has 1 aromatic heterocycles. The summed E-state index contributed by atoms with van der Waals surface area (Å²) in [4.78, 5) is 13.9. The van der Waals surface area contributed by atoms with Crippen molar-refractivity contribution in [1.82, 2.24) is 20.2 Å². The Bertz CT molecular complexity index is 1190. The van der Waals surface area contributed by atoms with Gasteiger partial charge in [-0.05, 0) is 35.0 Å². The Morgan fingerprint density at radius 2 is 1.60 bits per heavy atom. The highest BCUT2D eigenvalue weighted by molar-refractivity contribution is 6.31. The summed E-state index contributed by atoms with van der Waals surface area (Å²) in [7, 11) is 0. The van der Waals surface area contributed by atoms with Gasteiger partial charge < -0.3 is 4.74 Å². The predicted molar refractivity (Wildman–Crippen MR) is 114 cm³/mol. The van der Waals surface area contributed by atoms with Crippen molar-refractivity contribution in [2.24, 2.45) is 0 Å². The van der Waals surface area contributed by atoms with Crippen molar-refractivity contribution in [3.63, 3.8) is 0 Å². The molecule has 4 rings (SSSR count). The lowest BCUT2D eigenvalue weighted by molar-refractivity contribution is 0.0473. The van der Waals surface area contributed by atoms with Gasteiger partial charge in [0, 0.05) is 21.2 Å². The van der Waals surface area contributed by atoms with Gasteiger partial charge >= 0.3 is 5.97 Å². The lowest BCUT2D eigenvalue weighted by Gasteiger charge is -2.07. The zero-order valence-corrected chi connectivity index (χ0v) is 17.2. The summed E-state index contributed by atoms with van der Waals surface area (Å²) in [6.07, 6.45) is 0. The average molecular weight is 439 g/mol. The van der Waals surface area contributed by atoms with Crippen LogP contribution in [0.3, 0.4) is 0 Å². The van der Waals surface area contributed by atoms with Crippen LogP contribution >= 0.6 is 23.2 Å². The van der Waals surface area contributed by atoms with E-state index in [-0.39, 0.29) is 6.61 Å². The highest BCUT2D eigenvalue weighted by atomic mass is 35.5. The van der Waals surface area contributed by atoms with Gasteiger partial charge in [-0.2, -0.15) is 4.80 Å². The fourth-order valence-electron chi connectivity index (χ4n) is 2.83. The average Bonchev–Trinajstić information content (AvgIpc) is 3.23. The maximum Gasteiger partial charge on any atom is 0.338 e. The minimum atomic E-state index is -0.458. The molecule has 0 aliphatic rings. The third-order valence-corrected chi connectivity index (χ3v) is 5.13. The van der Waals surface area contributed by atoms with Crippen LogP contribution in [0.1, 0.15) is 21.5 Å². The van der Waals surface area contributed by atoms with Gasteiger partial charge in [0.25, 0.3) is 0 Å². The predicted octanol–water partition coefficient (Wildman–Crippen LogP) is 5.05. The lowest BCUT2D eigenvalue weighted by Crippen LogP contribution is -2.06. The molecule has 0 N–H and O–H groups in total. The van der Waals surface area contributed by atoms with E-state index in [4.69, 9.17) is 27.9 Å². The first kappa shape index (κ1) is 20.1. The summed E-state index contributed by atoms with van der Waals surface area (Å²) in [6, 6.07) is 21.6. The fourth-order valence-corrected chi connectivity index (χ4v) is 3.22. The van der Waals surface area contributed by atoms with Crippen LogP contribution in [0, 0.1) is 0 Å². The summed E-state index contributed by atoms with van der Waals surface area (Å²) < 4.78 is 5.38. The summed E-state index contributed by atoms with van der Waals surface area (Å²) in [5.41, 5.74) is 2.68. The molecule has 3 aromatic carbocycles. The highest BCUT2D eigenvalue weighted by Gasteiger charge is 2.13. The lowest BCUT2D eigenvalue weighted by atomic mass is 10.1. The number of esters is 1. The number of rotatable bonds is 6. The van der Waals surface area contributed by atoms with E-state index in [1.54, 1.807) is 24.3 Å². The summed E-state index contributed by atoms with van der Waals surface area (Å²) >= 11 is 12.3. The zero-order valence-electron chi connectivity index (χ0n) is 15.7. The Morgan fingerprint density at radius 3 is 2.33 bits per heavy atom. The number of nitrogens with zero attached hydrogens (tertiary/aromatic N) is 4. The number of tetrazole rings is 1. The Morgan fingerprint density at radius 1 is 0.900 bits per heavy atom. The number of carbonyl (C=O) groups is 1. The number of hydrogen-bond donors (Lipinski definition) is 0. The third-order valence-electron chi connectivity index (χ3n) is 4.40. The van der Waals surface area contributed by atoms with Crippen molar-refractivity contribution in [2.45, 2.75) is 13.2 Å². The Labute approximate surface area is 183 Å². The van der Waals surface area contributed by atoms with Crippen LogP contribution in [0.15, 0.2) is 72.8 Å². The zero-order chi connectivity index (χ0) is 20.9. The topological polar surface area (TPSA) is 69.9 Å². The van der Waals surface area contributed by atoms with E-state index in [9.17, 15) is 4.79 Å². The van der Waals surface area contributed by atoms with Gasteiger partial charge in [-0.25, -0.2) is 4.79 Å². The smallest absolute Gasteiger partial charge is 0.338 e. The van der Waals surface area contributed by atoms with Crippen LogP contribution < -0.4 is 0 Å². The summed E-state index contributed by atoms with van der Waals surface area (Å²) in [6.45, 7) is 0.487. The van der Waals surface area contributed by atoms with E-state index in [0.29, 0.717) is 33.5 Å². The fraction of sp³-hybridized carbons (Fsp3) is 0.0909. The molecule has 0 saturated carbocycles. The molecule has 0 spiro atoms. The Balaban J connectivity index is 1.47. The standard InChI is InChI=1S/C22H16Cl2N4O2/c23-19-10-3-1-6-17(19)13-28-26-21(25-27-28)15-8-5-9-16(12-15)22(29)30-14-18-7-2-4-11-20(18)24/h1-12H,13-14H2. The maximum atomic E-state index is 12.5. The molecule has 0 saturated heterocycles. The number of carbonyl (C=O) groups excluding carboxylic acids is 1. The van der Waals surface area contributed by atoms with E-state index >= 15 is 0 Å². The molecule has 0 aliphatic heterocycles. The van der Waals surface area contributed by atoms with Crippen LogP contribution in [-0.2, 0) is 17.9 Å². The molecule has 0 atom stereocenters. The van der Waals surface area contributed by atoms with E-state index in [0.717, 1.165) is 11.1 Å². The van der Waals surface area contributed by atoms with Gasteiger partial charge in [0.05, 0.1) is 12.1 Å². The molecule has 1 heterocycles. The molecule has 0 bridgehead atoms. The van der Waals surface area contributed by atoms with E-state index in [1.807, 2.05) is 48.5 Å². The SMILES string of the molecule is O=C(OCc1ccccc1Cl)c1cccc(-c2nnn(Cc3ccccc3Cl)n2)c1. The second-order valence-corrected chi connectivity index (χ2v) is 7.30. The third kappa shape index (κ3) is 4.67. The molecule has 0 aliphatic carbocycles. The molecular formula is C22H16Cl2N4O2. The van der Waals surface area contributed by atoms with Gasteiger partial charge in [-0.3, -0.25) is 0 Å². The molecule has 8 heteroatoms. The normalized spacial score (nSPS) is 10.7. The minimum absolute atomic E-state index is 0.0923. The molecule has 0 amide bonds. The molecular weight excluding hydrogens is 423 g/mol. The number of hydrogen-bond acceptors (Lipinski definition) is 5. The van der Waals surface area contributed by atoms with Crippen LogP contribution in [-0.4, -0.2) is 26.2 Å². The Hall–Kier alpha value is -3.22.